The highest BCUT2D eigenvalue weighted by Crippen LogP contribution is 2.19. The average molecular weight is 435 g/mol. The Hall–Kier alpha value is -1.13. The van der Waals surface area contributed by atoms with Gasteiger partial charge >= 0.3 is 0 Å². The number of nitrogens with one attached hydrogen (secondary N) is 1. The van der Waals surface area contributed by atoms with Crippen molar-refractivity contribution in [2.75, 3.05) is 44.9 Å². The van der Waals surface area contributed by atoms with E-state index >= 15 is 0 Å². The summed E-state index contributed by atoms with van der Waals surface area (Å²) >= 11 is 0. The van der Waals surface area contributed by atoms with Crippen LogP contribution in [0.2, 0.25) is 0 Å². The molecule has 0 saturated carbocycles. The maximum Gasteiger partial charge on any atom is 0.189 e. The number of guanidine groups is 1. The van der Waals surface area contributed by atoms with Gasteiger partial charge in [0.1, 0.15) is 5.82 Å². The molecule has 1 atom stereocenters. The maximum atomic E-state index is 5.91. The van der Waals surface area contributed by atoms with Crippen molar-refractivity contribution in [2.45, 2.75) is 19.5 Å². The van der Waals surface area contributed by atoms with Gasteiger partial charge in [0, 0.05) is 38.0 Å². The van der Waals surface area contributed by atoms with E-state index in [1.54, 1.807) is 13.3 Å². The van der Waals surface area contributed by atoms with Crippen molar-refractivity contribution in [3.05, 3.63) is 23.9 Å². The van der Waals surface area contributed by atoms with Crippen LogP contribution >= 0.6 is 24.0 Å². The van der Waals surface area contributed by atoms with Crippen LogP contribution in [-0.4, -0.2) is 57.0 Å². The number of pyridine rings is 1. The van der Waals surface area contributed by atoms with Gasteiger partial charge in [-0.25, -0.2) is 9.98 Å². The van der Waals surface area contributed by atoms with Crippen LogP contribution in [0.25, 0.3) is 0 Å². The van der Waals surface area contributed by atoms with E-state index in [9.17, 15) is 0 Å². The molecule has 1 aliphatic rings. The fourth-order valence-electron chi connectivity index (χ4n) is 2.37. The Labute approximate surface area is 154 Å². The van der Waals surface area contributed by atoms with Crippen LogP contribution in [0.4, 0.5) is 5.82 Å². The summed E-state index contributed by atoms with van der Waals surface area (Å²) in [6.45, 7) is 6.25. The van der Waals surface area contributed by atoms with Crippen molar-refractivity contribution in [3.63, 3.8) is 0 Å². The number of hydrogen-bond acceptors (Lipinski definition) is 5. The molecule has 0 aromatic carbocycles. The zero-order valence-corrected chi connectivity index (χ0v) is 16.0. The summed E-state index contributed by atoms with van der Waals surface area (Å²) in [6, 6.07) is 4.08. The molecule has 1 saturated heterocycles. The third kappa shape index (κ3) is 6.48. The largest absolute Gasteiger partial charge is 0.383 e. The van der Waals surface area contributed by atoms with Crippen molar-refractivity contribution in [2.24, 2.45) is 10.7 Å². The number of methoxy groups -OCH3 is 1. The Kier molecular flexibility index (Phi) is 9.19. The number of halogens is 1. The molecule has 8 heteroatoms. The predicted molar refractivity (Wildman–Crippen MR) is 102 cm³/mol. The molecule has 130 valence electrons. The first-order chi connectivity index (χ1) is 10.7. The van der Waals surface area contributed by atoms with E-state index in [0.717, 1.165) is 37.7 Å². The molecule has 2 rings (SSSR count). The molecule has 1 aliphatic heterocycles. The van der Waals surface area contributed by atoms with Crippen molar-refractivity contribution in [1.29, 1.82) is 0 Å². The molecule has 7 nitrogen and oxygen atoms in total. The minimum absolute atomic E-state index is 0. The molecule has 23 heavy (non-hydrogen) atoms. The van der Waals surface area contributed by atoms with Gasteiger partial charge in [0.15, 0.2) is 5.96 Å². The summed E-state index contributed by atoms with van der Waals surface area (Å²) in [7, 11) is 1.66. The number of rotatable bonds is 6. The minimum atomic E-state index is 0. The first-order valence-corrected chi connectivity index (χ1v) is 7.52. The Morgan fingerprint density at radius 3 is 2.96 bits per heavy atom. The van der Waals surface area contributed by atoms with E-state index in [1.807, 2.05) is 19.1 Å². The molecule has 0 radical (unpaired) electrons. The monoisotopic (exact) mass is 435 g/mol. The number of morpholine rings is 1. The van der Waals surface area contributed by atoms with Crippen LogP contribution in [-0.2, 0) is 16.0 Å². The lowest BCUT2D eigenvalue weighted by molar-refractivity contribution is 0.122. The zero-order chi connectivity index (χ0) is 15.8. The third-order valence-corrected chi connectivity index (χ3v) is 3.41. The Balaban J connectivity index is 0.00000264. The fourth-order valence-corrected chi connectivity index (χ4v) is 2.37. The van der Waals surface area contributed by atoms with Gasteiger partial charge in [0.2, 0.25) is 0 Å². The highest BCUT2D eigenvalue weighted by Gasteiger charge is 2.15. The Bertz CT molecular complexity index is 495. The first kappa shape index (κ1) is 19.9. The Morgan fingerprint density at radius 2 is 2.26 bits per heavy atom. The van der Waals surface area contributed by atoms with Gasteiger partial charge in [0.25, 0.3) is 0 Å². The lowest BCUT2D eigenvalue weighted by Crippen LogP contribution is -2.40. The number of nitrogens with zero attached hydrogens (tertiary/aromatic N) is 3. The number of anilines is 1. The average Bonchev–Trinajstić information content (AvgIpc) is 2.54. The minimum Gasteiger partial charge on any atom is -0.383 e. The predicted octanol–water partition coefficient (Wildman–Crippen LogP) is 0.975. The second-order valence-electron chi connectivity index (χ2n) is 5.29. The molecule has 1 aromatic rings. The van der Waals surface area contributed by atoms with Gasteiger partial charge in [-0.1, -0.05) is 6.07 Å². The molecule has 0 spiro atoms. The number of ether oxygens (including phenoxy) is 2. The molecule has 1 unspecified atom stereocenters. The van der Waals surface area contributed by atoms with Crippen LogP contribution in [0.5, 0.6) is 0 Å². The number of hydrogen-bond donors (Lipinski definition) is 2. The van der Waals surface area contributed by atoms with Gasteiger partial charge in [-0.15, -0.1) is 24.0 Å². The summed E-state index contributed by atoms with van der Waals surface area (Å²) in [5.74, 6) is 1.38. The molecule has 3 N–H and O–H groups in total. The summed E-state index contributed by atoms with van der Waals surface area (Å²) in [6.07, 6.45) is 1.81. The number of nitrogens with two attached hydrogens (primary N) is 1. The summed E-state index contributed by atoms with van der Waals surface area (Å²) in [4.78, 5) is 11.1. The molecule has 0 bridgehead atoms. The maximum absolute atomic E-state index is 5.91. The van der Waals surface area contributed by atoms with Crippen LogP contribution in [0.1, 0.15) is 12.5 Å². The van der Waals surface area contributed by atoms with E-state index in [-0.39, 0.29) is 30.0 Å². The molecule has 2 heterocycles. The highest BCUT2D eigenvalue weighted by molar-refractivity contribution is 14.0. The van der Waals surface area contributed by atoms with Gasteiger partial charge in [-0.2, -0.15) is 0 Å². The van der Waals surface area contributed by atoms with Crippen LogP contribution in [0, 0.1) is 0 Å². The second kappa shape index (κ2) is 10.6. The van der Waals surface area contributed by atoms with E-state index in [4.69, 9.17) is 15.2 Å². The molecular weight excluding hydrogens is 409 g/mol. The summed E-state index contributed by atoms with van der Waals surface area (Å²) in [5, 5.41) is 3.10. The SMILES string of the molecule is COCC(C)NC(N)=NCc1cccnc1N1CCOCC1.I. The summed E-state index contributed by atoms with van der Waals surface area (Å²) in [5.41, 5.74) is 6.97. The van der Waals surface area contributed by atoms with Gasteiger partial charge in [0.05, 0.1) is 26.4 Å². The summed E-state index contributed by atoms with van der Waals surface area (Å²) < 4.78 is 10.5. The lowest BCUT2D eigenvalue weighted by atomic mass is 10.2. The van der Waals surface area contributed by atoms with Gasteiger partial charge in [-0.3, -0.25) is 0 Å². The smallest absolute Gasteiger partial charge is 0.189 e. The first-order valence-electron chi connectivity index (χ1n) is 7.52. The van der Waals surface area contributed by atoms with Crippen molar-refractivity contribution >= 4 is 35.8 Å². The normalized spacial score (nSPS) is 16.6. The van der Waals surface area contributed by atoms with E-state index in [0.29, 0.717) is 19.1 Å². The van der Waals surface area contributed by atoms with E-state index in [1.165, 1.54) is 0 Å². The fraction of sp³-hybridized carbons (Fsp3) is 0.600. The van der Waals surface area contributed by atoms with Gasteiger partial charge < -0.3 is 25.4 Å². The lowest BCUT2D eigenvalue weighted by Gasteiger charge is -2.29. The number of aliphatic imine (C=N–C) groups is 1. The number of aromatic nitrogens is 1. The van der Waals surface area contributed by atoms with Crippen molar-refractivity contribution < 1.29 is 9.47 Å². The standard InChI is InChI=1S/C15H25N5O2.HI/c1-12(11-21-2)19-15(16)18-10-13-4-3-5-17-14(13)20-6-8-22-9-7-20;/h3-5,12H,6-11H2,1-2H3,(H3,16,18,19);1H. The zero-order valence-electron chi connectivity index (χ0n) is 13.7. The Morgan fingerprint density at radius 1 is 1.52 bits per heavy atom. The van der Waals surface area contributed by atoms with Crippen molar-refractivity contribution in [1.82, 2.24) is 10.3 Å². The van der Waals surface area contributed by atoms with Crippen LogP contribution in [0.15, 0.2) is 23.3 Å². The van der Waals surface area contributed by atoms with Crippen molar-refractivity contribution in [3.8, 4) is 0 Å². The van der Waals surface area contributed by atoms with E-state index < -0.39 is 0 Å². The third-order valence-electron chi connectivity index (χ3n) is 3.41. The van der Waals surface area contributed by atoms with Crippen LogP contribution in [0.3, 0.4) is 0 Å². The second-order valence-corrected chi connectivity index (χ2v) is 5.29. The molecule has 0 amide bonds. The molecule has 1 fully saturated rings. The molecule has 1 aromatic heterocycles. The van der Waals surface area contributed by atoms with Gasteiger partial charge in [-0.05, 0) is 13.0 Å². The highest BCUT2D eigenvalue weighted by atomic mass is 127. The molecular formula is C15H26IN5O2. The van der Waals surface area contributed by atoms with E-state index in [2.05, 4.69) is 20.2 Å². The van der Waals surface area contributed by atoms with Crippen LogP contribution < -0.4 is 16.0 Å². The quantitative estimate of drug-likeness (QED) is 0.394. The topological polar surface area (TPSA) is 85.0 Å². The molecule has 0 aliphatic carbocycles.